The first kappa shape index (κ1) is 11.2. The van der Waals surface area contributed by atoms with Gasteiger partial charge in [0, 0.05) is 13.2 Å². The van der Waals surface area contributed by atoms with Crippen molar-refractivity contribution in [2.24, 2.45) is 5.73 Å². The van der Waals surface area contributed by atoms with Crippen LogP contribution >= 0.6 is 0 Å². The van der Waals surface area contributed by atoms with Crippen molar-refractivity contribution < 1.29 is 4.74 Å². The predicted molar refractivity (Wildman–Crippen MR) is 59.2 cm³/mol. The summed E-state index contributed by atoms with van der Waals surface area (Å²) in [6.07, 6.45) is 0.938. The molecule has 1 aromatic carbocycles. The molecule has 0 aliphatic heterocycles. The molecule has 2 heteroatoms. The van der Waals surface area contributed by atoms with Crippen LogP contribution in [0, 0.1) is 6.92 Å². The number of hydrogen-bond donors (Lipinski definition) is 1. The highest BCUT2D eigenvalue weighted by atomic mass is 16.5. The highest BCUT2D eigenvalue weighted by Gasteiger charge is 2.18. The van der Waals surface area contributed by atoms with E-state index in [1.807, 2.05) is 12.1 Å². The van der Waals surface area contributed by atoms with Gasteiger partial charge in [-0.2, -0.15) is 0 Å². The highest BCUT2D eigenvalue weighted by Crippen LogP contribution is 2.23. The first-order valence-electron chi connectivity index (χ1n) is 5.04. The molecule has 78 valence electrons. The van der Waals surface area contributed by atoms with Crippen molar-refractivity contribution in [2.45, 2.75) is 32.4 Å². The van der Waals surface area contributed by atoms with Crippen molar-refractivity contribution in [1.82, 2.24) is 0 Å². The molecule has 2 N–H and O–H groups in total. The first-order valence-corrected chi connectivity index (χ1v) is 5.04. The smallest absolute Gasteiger partial charge is 0.0974 e. The number of hydrogen-bond acceptors (Lipinski definition) is 2. The summed E-state index contributed by atoms with van der Waals surface area (Å²) in [5, 5.41) is 0. The zero-order chi connectivity index (χ0) is 10.6. The van der Waals surface area contributed by atoms with Gasteiger partial charge in [-0.05, 0) is 24.5 Å². The molecule has 0 saturated heterocycles. The van der Waals surface area contributed by atoms with E-state index in [0.29, 0.717) is 0 Å². The molecular formula is C12H19NO. The van der Waals surface area contributed by atoms with Gasteiger partial charge in [0.05, 0.1) is 6.10 Å². The minimum atomic E-state index is 0.0150. The summed E-state index contributed by atoms with van der Waals surface area (Å²) in [5.74, 6) is 0. The lowest BCUT2D eigenvalue weighted by molar-refractivity contribution is 0.0786. The fourth-order valence-electron chi connectivity index (χ4n) is 1.65. The molecular weight excluding hydrogens is 174 g/mol. The van der Waals surface area contributed by atoms with Crippen LogP contribution in [0.15, 0.2) is 24.3 Å². The van der Waals surface area contributed by atoms with Gasteiger partial charge in [-0.15, -0.1) is 0 Å². The fraction of sp³-hybridized carbons (Fsp3) is 0.500. The lowest BCUT2D eigenvalue weighted by Gasteiger charge is -2.23. The Kier molecular flexibility index (Phi) is 4.11. The number of ether oxygens (including phenoxy) is 1. The lowest BCUT2D eigenvalue weighted by atomic mass is 9.97. The number of aryl methyl sites for hydroxylation is 1. The molecule has 0 bridgehead atoms. The van der Waals surface area contributed by atoms with Gasteiger partial charge in [-0.1, -0.05) is 31.2 Å². The molecule has 0 spiro atoms. The van der Waals surface area contributed by atoms with E-state index in [-0.39, 0.29) is 12.1 Å². The third kappa shape index (κ3) is 2.34. The zero-order valence-corrected chi connectivity index (χ0v) is 9.16. The Labute approximate surface area is 86.1 Å². The molecule has 0 saturated carbocycles. The second kappa shape index (κ2) is 5.13. The van der Waals surface area contributed by atoms with E-state index in [1.165, 1.54) is 11.1 Å². The summed E-state index contributed by atoms with van der Waals surface area (Å²) in [4.78, 5) is 0. The van der Waals surface area contributed by atoms with E-state index >= 15 is 0 Å². The van der Waals surface area contributed by atoms with Crippen LogP contribution < -0.4 is 5.73 Å². The maximum absolute atomic E-state index is 6.00. The first-order chi connectivity index (χ1) is 6.70. The van der Waals surface area contributed by atoms with E-state index in [4.69, 9.17) is 10.5 Å². The third-order valence-corrected chi connectivity index (χ3v) is 2.61. The van der Waals surface area contributed by atoms with Crippen LogP contribution in [0.1, 0.15) is 30.6 Å². The average molecular weight is 193 g/mol. The fourth-order valence-corrected chi connectivity index (χ4v) is 1.65. The quantitative estimate of drug-likeness (QED) is 0.797. The molecule has 2 atom stereocenters. The van der Waals surface area contributed by atoms with Gasteiger partial charge in [0.2, 0.25) is 0 Å². The number of rotatable bonds is 4. The van der Waals surface area contributed by atoms with Crippen LogP contribution in [0.3, 0.4) is 0 Å². The van der Waals surface area contributed by atoms with Crippen molar-refractivity contribution in [3.8, 4) is 0 Å². The van der Waals surface area contributed by atoms with E-state index in [2.05, 4.69) is 26.0 Å². The van der Waals surface area contributed by atoms with Crippen LogP contribution in [0.25, 0.3) is 0 Å². The monoisotopic (exact) mass is 193 g/mol. The van der Waals surface area contributed by atoms with Crippen molar-refractivity contribution in [3.63, 3.8) is 0 Å². The molecule has 1 rings (SSSR count). The second-order valence-electron chi connectivity index (χ2n) is 3.58. The molecule has 2 unspecified atom stereocenters. The summed E-state index contributed by atoms with van der Waals surface area (Å²) < 4.78 is 5.44. The molecule has 14 heavy (non-hydrogen) atoms. The van der Waals surface area contributed by atoms with Gasteiger partial charge in [0.25, 0.3) is 0 Å². The second-order valence-corrected chi connectivity index (χ2v) is 3.58. The molecule has 2 nitrogen and oxygen atoms in total. The molecule has 0 radical (unpaired) electrons. The van der Waals surface area contributed by atoms with E-state index in [0.717, 1.165) is 6.42 Å². The maximum atomic E-state index is 6.00. The number of nitrogens with two attached hydrogens (primary N) is 1. The average Bonchev–Trinajstić information content (AvgIpc) is 2.21. The van der Waals surface area contributed by atoms with Crippen LogP contribution in [-0.2, 0) is 4.74 Å². The Morgan fingerprint density at radius 3 is 2.50 bits per heavy atom. The molecule has 1 aromatic rings. The SMILES string of the molecule is CCC(N)C(OC)c1ccccc1C. The zero-order valence-electron chi connectivity index (χ0n) is 9.16. The molecule has 0 fully saturated rings. The van der Waals surface area contributed by atoms with Gasteiger partial charge in [0.1, 0.15) is 0 Å². The van der Waals surface area contributed by atoms with Crippen LogP contribution in [0.2, 0.25) is 0 Å². The Balaban J connectivity index is 2.94. The topological polar surface area (TPSA) is 35.2 Å². The standard InChI is InChI=1S/C12H19NO/c1-4-11(13)12(14-3)10-8-6-5-7-9(10)2/h5-8,11-12H,4,13H2,1-3H3. The third-order valence-electron chi connectivity index (χ3n) is 2.61. The summed E-state index contributed by atoms with van der Waals surface area (Å²) >= 11 is 0. The summed E-state index contributed by atoms with van der Waals surface area (Å²) in [7, 11) is 1.71. The van der Waals surface area contributed by atoms with Crippen LogP contribution in [0.4, 0.5) is 0 Å². The van der Waals surface area contributed by atoms with Gasteiger partial charge in [0.15, 0.2) is 0 Å². The van der Waals surface area contributed by atoms with E-state index < -0.39 is 0 Å². The predicted octanol–water partition coefficient (Wildman–Crippen LogP) is 2.42. The normalized spacial score (nSPS) is 15.1. The minimum absolute atomic E-state index is 0.0150. The Morgan fingerprint density at radius 1 is 1.36 bits per heavy atom. The minimum Gasteiger partial charge on any atom is -0.375 e. The van der Waals surface area contributed by atoms with Gasteiger partial charge in [-0.25, -0.2) is 0 Å². The van der Waals surface area contributed by atoms with Crippen molar-refractivity contribution in [2.75, 3.05) is 7.11 Å². The molecule has 0 aliphatic carbocycles. The van der Waals surface area contributed by atoms with Gasteiger partial charge < -0.3 is 10.5 Å². The molecule has 0 heterocycles. The Bertz CT molecular complexity index is 285. The van der Waals surface area contributed by atoms with Crippen LogP contribution in [0.5, 0.6) is 0 Å². The number of benzene rings is 1. The van der Waals surface area contributed by atoms with Crippen LogP contribution in [-0.4, -0.2) is 13.2 Å². The Morgan fingerprint density at radius 2 is 2.00 bits per heavy atom. The maximum Gasteiger partial charge on any atom is 0.0974 e. The number of methoxy groups -OCH3 is 1. The lowest BCUT2D eigenvalue weighted by Crippen LogP contribution is -2.29. The molecule has 0 amide bonds. The molecule has 0 aromatic heterocycles. The van der Waals surface area contributed by atoms with Crippen molar-refractivity contribution >= 4 is 0 Å². The summed E-state index contributed by atoms with van der Waals surface area (Å²) in [6.45, 7) is 4.17. The highest BCUT2D eigenvalue weighted by molar-refractivity contribution is 5.28. The Hall–Kier alpha value is -0.860. The largest absolute Gasteiger partial charge is 0.375 e. The summed E-state index contributed by atoms with van der Waals surface area (Å²) in [6, 6.07) is 8.30. The van der Waals surface area contributed by atoms with E-state index in [1.54, 1.807) is 7.11 Å². The van der Waals surface area contributed by atoms with Crippen molar-refractivity contribution in [3.05, 3.63) is 35.4 Å². The van der Waals surface area contributed by atoms with E-state index in [9.17, 15) is 0 Å². The summed E-state index contributed by atoms with van der Waals surface area (Å²) in [5.41, 5.74) is 8.44. The molecule has 0 aliphatic rings. The van der Waals surface area contributed by atoms with Gasteiger partial charge in [-0.3, -0.25) is 0 Å². The van der Waals surface area contributed by atoms with Crippen molar-refractivity contribution in [1.29, 1.82) is 0 Å². The van der Waals surface area contributed by atoms with Gasteiger partial charge >= 0.3 is 0 Å².